The summed E-state index contributed by atoms with van der Waals surface area (Å²) in [6, 6.07) is 18.8. The molecule has 0 amide bonds. The molecule has 0 saturated carbocycles. The van der Waals surface area contributed by atoms with E-state index in [2.05, 4.69) is 26.2 Å². The normalized spacial score (nSPS) is 12.4. The molecule has 0 N–H and O–H groups in total. The number of hydrogen-bond acceptors (Lipinski definition) is 7. The summed E-state index contributed by atoms with van der Waals surface area (Å²) < 4.78 is 20.0. The maximum absolute atomic E-state index is 13.4. The summed E-state index contributed by atoms with van der Waals surface area (Å²) in [7, 11) is -1.72. The van der Waals surface area contributed by atoms with Crippen LogP contribution in [0.4, 0.5) is 0 Å². The fourth-order valence-electron chi connectivity index (χ4n) is 6.32. The van der Waals surface area contributed by atoms with Crippen LogP contribution in [0.2, 0.25) is 38.3 Å². The summed E-state index contributed by atoms with van der Waals surface area (Å²) in [4.78, 5) is 53.3. The molecule has 0 radical (unpaired) electrons. The lowest BCUT2D eigenvalue weighted by atomic mass is 10.1. The minimum Gasteiger partial charge on any atom is -0.494 e. The molecule has 0 fully saturated rings. The summed E-state index contributed by atoms with van der Waals surface area (Å²) in [6.45, 7) is 12.5. The number of ether oxygens (including phenoxy) is 2. The standard InChI is InChI=1S/C36H44N2O7Si2/c1-25-11-13-26(14-12-25)37-33(39)29-23-31-32(24-30(29)34(37)40)36(42)38(35(31)41)27-15-17-28(18-16-27)44-20-8-10-22-47(5,6)45-46(3,4)21-9-7-19-43-2/h11-18,23-24H,7-10,19-22H2,1-6H3. The summed E-state index contributed by atoms with van der Waals surface area (Å²) in [5.74, 6) is 0.647. The number of aryl methyl sites for hydroxylation is 1. The van der Waals surface area contributed by atoms with Crippen LogP contribution >= 0.6 is 0 Å². The second-order valence-corrected chi connectivity index (χ2v) is 22.4. The van der Waals surface area contributed by atoms with E-state index in [9.17, 15) is 19.2 Å². The molecule has 5 aromatic rings. The summed E-state index contributed by atoms with van der Waals surface area (Å²) in [5, 5.41) is 0.437. The largest absolute Gasteiger partial charge is 0.494 e. The zero-order chi connectivity index (χ0) is 33.9. The van der Waals surface area contributed by atoms with Gasteiger partial charge >= 0.3 is 0 Å². The highest BCUT2D eigenvalue weighted by molar-refractivity contribution is 6.84. The molecule has 0 saturated heterocycles. The monoisotopic (exact) mass is 672 g/mol. The first-order chi connectivity index (χ1) is 22.3. The van der Waals surface area contributed by atoms with Gasteiger partial charge in [0.15, 0.2) is 16.6 Å². The van der Waals surface area contributed by atoms with E-state index in [-0.39, 0.29) is 21.5 Å². The molecule has 0 atom stereocenters. The Labute approximate surface area is 276 Å². The molecule has 5 rings (SSSR count). The van der Waals surface area contributed by atoms with E-state index in [0.29, 0.717) is 23.7 Å². The zero-order valence-corrected chi connectivity index (χ0v) is 30.2. The first kappa shape index (κ1) is 34.4. The van der Waals surface area contributed by atoms with Crippen LogP contribution in [0.3, 0.4) is 0 Å². The fraction of sp³-hybridized carbons (Fsp3) is 0.389. The summed E-state index contributed by atoms with van der Waals surface area (Å²) >= 11 is 0. The van der Waals surface area contributed by atoms with Crippen molar-refractivity contribution in [1.29, 1.82) is 0 Å². The molecule has 0 unspecified atom stereocenters. The molecule has 11 heteroatoms. The number of methoxy groups -OCH3 is 1. The van der Waals surface area contributed by atoms with Crippen molar-refractivity contribution in [3.05, 3.63) is 108 Å². The minimum atomic E-state index is -1.77. The molecule has 0 aliphatic rings. The molecule has 0 bridgehead atoms. The highest BCUT2D eigenvalue weighted by Crippen LogP contribution is 2.25. The molecule has 0 aliphatic carbocycles. The summed E-state index contributed by atoms with van der Waals surface area (Å²) in [5.41, 5.74) is -0.288. The maximum atomic E-state index is 13.4. The van der Waals surface area contributed by atoms with Gasteiger partial charge in [0.05, 0.1) is 39.5 Å². The smallest absolute Gasteiger partial charge is 0.266 e. The number of unbranched alkanes of at least 4 members (excludes halogenated alkanes) is 2. The van der Waals surface area contributed by atoms with Crippen molar-refractivity contribution in [3.63, 3.8) is 0 Å². The second-order valence-electron chi connectivity index (χ2n) is 13.5. The Morgan fingerprint density at radius 3 is 1.40 bits per heavy atom. The lowest BCUT2D eigenvalue weighted by Gasteiger charge is -2.34. The number of aromatic nitrogens is 2. The van der Waals surface area contributed by atoms with Crippen molar-refractivity contribution in [2.24, 2.45) is 0 Å². The van der Waals surface area contributed by atoms with Crippen LogP contribution in [0.5, 0.6) is 5.75 Å². The van der Waals surface area contributed by atoms with Crippen LogP contribution in [0.25, 0.3) is 32.9 Å². The Balaban J connectivity index is 1.23. The highest BCUT2D eigenvalue weighted by Gasteiger charge is 2.32. The van der Waals surface area contributed by atoms with Gasteiger partial charge in [-0.15, -0.1) is 0 Å². The van der Waals surface area contributed by atoms with Gasteiger partial charge in [-0.3, -0.25) is 19.2 Å². The molecule has 2 heterocycles. The molecule has 9 nitrogen and oxygen atoms in total. The first-order valence-electron chi connectivity index (χ1n) is 16.3. The van der Waals surface area contributed by atoms with Crippen LogP contribution in [0, 0.1) is 6.92 Å². The Hall–Kier alpha value is -3.91. The Morgan fingerprint density at radius 2 is 0.979 bits per heavy atom. The lowest BCUT2D eigenvalue weighted by molar-refractivity contribution is 0.194. The molecular weight excluding hydrogens is 629 g/mol. The quantitative estimate of drug-likeness (QED) is 0.0962. The molecule has 248 valence electrons. The molecule has 0 aliphatic heterocycles. The predicted octanol–water partition coefficient (Wildman–Crippen LogP) is 6.21. The minimum absolute atomic E-state index is 0.105. The van der Waals surface area contributed by atoms with E-state index >= 15 is 0 Å². The molecule has 0 spiro atoms. The number of fused-ring (bicyclic) bond motifs is 2. The number of hydrogen-bond donors (Lipinski definition) is 0. The Kier molecular flexibility index (Phi) is 10.3. The SMILES string of the molecule is COCCCC[Si](C)(C)O[Si](C)(C)CCCCOc1ccc(-n2c(=O)c3cc4c(=O)n(-c5ccc(C)cc5)c(=O)c4cc3c2=O)cc1. The third-order valence-electron chi connectivity index (χ3n) is 8.65. The average molecular weight is 673 g/mol. The van der Waals surface area contributed by atoms with Crippen LogP contribution in [0.1, 0.15) is 31.2 Å². The van der Waals surface area contributed by atoms with Crippen molar-refractivity contribution < 1.29 is 13.6 Å². The third-order valence-corrected chi connectivity index (χ3v) is 16.2. The van der Waals surface area contributed by atoms with E-state index in [1.807, 2.05) is 19.1 Å². The molecule has 3 aromatic carbocycles. The second kappa shape index (κ2) is 14.1. The van der Waals surface area contributed by atoms with Gasteiger partial charge in [0.25, 0.3) is 22.2 Å². The lowest BCUT2D eigenvalue weighted by Crippen LogP contribution is -2.44. The molecule has 47 heavy (non-hydrogen) atoms. The molecule has 2 aromatic heterocycles. The van der Waals surface area contributed by atoms with E-state index < -0.39 is 38.9 Å². The fourth-order valence-corrected chi connectivity index (χ4v) is 15.3. The van der Waals surface area contributed by atoms with Crippen LogP contribution in [0.15, 0.2) is 79.8 Å². The van der Waals surface area contributed by atoms with Gasteiger partial charge in [-0.25, -0.2) is 9.13 Å². The maximum Gasteiger partial charge on any atom is 0.266 e. The van der Waals surface area contributed by atoms with Gasteiger partial charge in [0.1, 0.15) is 5.75 Å². The van der Waals surface area contributed by atoms with E-state index in [4.69, 9.17) is 13.6 Å². The van der Waals surface area contributed by atoms with Gasteiger partial charge in [-0.05, 0) is 107 Å². The Morgan fingerprint density at radius 1 is 0.574 bits per heavy atom. The van der Waals surface area contributed by atoms with Crippen molar-refractivity contribution in [3.8, 4) is 17.1 Å². The van der Waals surface area contributed by atoms with Crippen LogP contribution in [-0.4, -0.2) is 46.1 Å². The van der Waals surface area contributed by atoms with Gasteiger partial charge in [-0.1, -0.05) is 30.5 Å². The van der Waals surface area contributed by atoms with Crippen molar-refractivity contribution in [1.82, 2.24) is 9.13 Å². The number of nitrogens with zero attached hydrogens (tertiary/aromatic N) is 2. The van der Waals surface area contributed by atoms with Crippen molar-refractivity contribution in [2.75, 3.05) is 20.3 Å². The van der Waals surface area contributed by atoms with Gasteiger partial charge in [-0.2, -0.15) is 0 Å². The third kappa shape index (κ3) is 7.64. The number of rotatable bonds is 15. The average Bonchev–Trinajstić information content (AvgIpc) is 3.42. The predicted molar refractivity (Wildman–Crippen MR) is 194 cm³/mol. The van der Waals surface area contributed by atoms with Crippen LogP contribution in [-0.2, 0) is 8.85 Å². The highest BCUT2D eigenvalue weighted by atomic mass is 28.4. The van der Waals surface area contributed by atoms with E-state index in [1.54, 1.807) is 43.5 Å². The van der Waals surface area contributed by atoms with Crippen molar-refractivity contribution >= 4 is 38.2 Å². The van der Waals surface area contributed by atoms with E-state index in [0.717, 1.165) is 59.1 Å². The van der Waals surface area contributed by atoms with Crippen molar-refractivity contribution in [2.45, 2.75) is 70.9 Å². The van der Waals surface area contributed by atoms with Crippen LogP contribution < -0.4 is 27.0 Å². The Bertz CT molecular complexity index is 1990. The van der Waals surface area contributed by atoms with Gasteiger partial charge < -0.3 is 13.6 Å². The molecular formula is C36H44N2O7Si2. The van der Waals surface area contributed by atoms with Gasteiger partial charge in [0, 0.05) is 13.7 Å². The van der Waals surface area contributed by atoms with E-state index in [1.165, 1.54) is 12.1 Å². The summed E-state index contributed by atoms with van der Waals surface area (Å²) in [6.07, 6.45) is 4.15. The van der Waals surface area contributed by atoms with Gasteiger partial charge in [0.2, 0.25) is 0 Å². The number of benzene rings is 3. The first-order valence-corrected chi connectivity index (χ1v) is 22.5. The topological polar surface area (TPSA) is 106 Å². The zero-order valence-electron chi connectivity index (χ0n) is 28.2.